The van der Waals surface area contributed by atoms with Crippen molar-refractivity contribution in [3.8, 4) is 5.75 Å². The topological polar surface area (TPSA) is 42.4 Å². The molecule has 86 valence electrons. The van der Waals surface area contributed by atoms with Crippen molar-refractivity contribution in [2.24, 2.45) is 0 Å². The van der Waals surface area contributed by atoms with Gasteiger partial charge in [-0.15, -0.1) is 0 Å². The van der Waals surface area contributed by atoms with Gasteiger partial charge in [0.05, 0.1) is 0 Å². The molecule has 1 aromatic heterocycles. The number of carbonyl (C=O) groups is 1. The van der Waals surface area contributed by atoms with Crippen molar-refractivity contribution in [3.05, 3.63) is 22.9 Å². The van der Waals surface area contributed by atoms with E-state index in [9.17, 15) is 4.79 Å². The van der Waals surface area contributed by atoms with Crippen molar-refractivity contribution < 1.29 is 9.53 Å². The molecule has 0 aliphatic carbocycles. The minimum atomic E-state index is 0.0493. The molecule has 0 aromatic carbocycles. The highest BCUT2D eigenvalue weighted by molar-refractivity contribution is 9.10. The van der Waals surface area contributed by atoms with Crippen LogP contribution >= 0.6 is 15.9 Å². The van der Waals surface area contributed by atoms with Gasteiger partial charge < -0.3 is 9.64 Å². The molecule has 0 saturated carbocycles. The van der Waals surface area contributed by atoms with Gasteiger partial charge in [-0.05, 0) is 40.9 Å². The van der Waals surface area contributed by atoms with E-state index < -0.39 is 0 Å². The molecule has 2 rings (SSSR count). The van der Waals surface area contributed by atoms with Gasteiger partial charge >= 0.3 is 0 Å². The molecule has 2 heterocycles. The van der Waals surface area contributed by atoms with Gasteiger partial charge in [0.15, 0.2) is 12.4 Å². The average molecular weight is 285 g/mol. The van der Waals surface area contributed by atoms with E-state index in [-0.39, 0.29) is 12.5 Å². The fourth-order valence-corrected chi connectivity index (χ4v) is 2.04. The zero-order valence-electron chi connectivity index (χ0n) is 8.86. The third-order valence-electron chi connectivity index (χ3n) is 2.53. The van der Waals surface area contributed by atoms with Crippen LogP contribution in [0.3, 0.4) is 0 Å². The lowest BCUT2D eigenvalue weighted by molar-refractivity contribution is -0.132. The number of nitrogens with zero attached hydrogens (tertiary/aromatic N) is 2. The molecule has 0 spiro atoms. The minimum Gasteiger partial charge on any atom is -0.481 e. The Bertz CT molecular complexity index is 378. The summed E-state index contributed by atoms with van der Waals surface area (Å²) in [6.07, 6.45) is 3.86. The van der Waals surface area contributed by atoms with E-state index in [2.05, 4.69) is 20.9 Å². The number of hydrogen-bond donors (Lipinski definition) is 0. The Morgan fingerprint density at radius 1 is 1.50 bits per heavy atom. The highest BCUT2D eigenvalue weighted by Crippen LogP contribution is 2.21. The quantitative estimate of drug-likeness (QED) is 0.796. The van der Waals surface area contributed by atoms with E-state index in [1.807, 2.05) is 4.90 Å². The van der Waals surface area contributed by atoms with Gasteiger partial charge in [0, 0.05) is 19.3 Å². The first-order valence-corrected chi connectivity index (χ1v) is 6.08. The van der Waals surface area contributed by atoms with Crippen LogP contribution in [0.15, 0.2) is 22.9 Å². The highest BCUT2D eigenvalue weighted by atomic mass is 79.9. The molecule has 1 aliphatic rings. The van der Waals surface area contributed by atoms with Gasteiger partial charge in [0.1, 0.15) is 4.60 Å². The molecule has 16 heavy (non-hydrogen) atoms. The molecule has 0 unspecified atom stereocenters. The van der Waals surface area contributed by atoms with E-state index in [0.29, 0.717) is 10.4 Å². The van der Waals surface area contributed by atoms with Crippen LogP contribution in [-0.4, -0.2) is 35.5 Å². The van der Waals surface area contributed by atoms with E-state index in [0.717, 1.165) is 25.9 Å². The number of aromatic nitrogens is 1. The Kier molecular flexibility index (Phi) is 3.77. The van der Waals surface area contributed by atoms with Gasteiger partial charge in [0.2, 0.25) is 0 Å². The Morgan fingerprint density at radius 2 is 2.25 bits per heavy atom. The average Bonchev–Trinajstić information content (AvgIpc) is 2.81. The molecule has 4 nitrogen and oxygen atoms in total. The zero-order valence-corrected chi connectivity index (χ0v) is 10.4. The lowest BCUT2D eigenvalue weighted by Crippen LogP contribution is -2.32. The van der Waals surface area contributed by atoms with Crippen molar-refractivity contribution >= 4 is 21.8 Å². The Labute approximate surface area is 103 Å². The lowest BCUT2D eigenvalue weighted by Gasteiger charge is -2.15. The second-order valence-electron chi connectivity index (χ2n) is 3.67. The largest absolute Gasteiger partial charge is 0.481 e. The maximum absolute atomic E-state index is 11.7. The minimum absolute atomic E-state index is 0.0493. The molecule has 1 amide bonds. The zero-order chi connectivity index (χ0) is 11.4. The number of amides is 1. The van der Waals surface area contributed by atoms with Crippen molar-refractivity contribution in [2.45, 2.75) is 12.8 Å². The van der Waals surface area contributed by atoms with Crippen molar-refractivity contribution in [1.29, 1.82) is 0 Å². The van der Waals surface area contributed by atoms with Crippen LogP contribution in [0.1, 0.15) is 12.8 Å². The third-order valence-corrected chi connectivity index (χ3v) is 3.13. The standard InChI is InChI=1S/C11H13BrN2O2/c12-11-9(4-3-5-13-11)16-8-10(15)14-6-1-2-7-14/h3-5H,1-2,6-8H2. The predicted octanol–water partition coefficient (Wildman–Crippen LogP) is 1.85. The van der Waals surface area contributed by atoms with E-state index in [1.54, 1.807) is 18.3 Å². The first kappa shape index (κ1) is 11.4. The van der Waals surface area contributed by atoms with E-state index >= 15 is 0 Å². The van der Waals surface area contributed by atoms with Gasteiger partial charge in [-0.2, -0.15) is 0 Å². The second-order valence-corrected chi connectivity index (χ2v) is 4.42. The highest BCUT2D eigenvalue weighted by Gasteiger charge is 2.18. The molecule has 1 saturated heterocycles. The molecule has 1 aliphatic heterocycles. The maximum Gasteiger partial charge on any atom is 0.260 e. The normalized spacial score (nSPS) is 15.2. The van der Waals surface area contributed by atoms with Crippen molar-refractivity contribution in [1.82, 2.24) is 9.88 Å². The van der Waals surface area contributed by atoms with Crippen LogP contribution < -0.4 is 4.74 Å². The van der Waals surface area contributed by atoms with Crippen LogP contribution in [0.2, 0.25) is 0 Å². The molecule has 0 bridgehead atoms. The molecule has 0 N–H and O–H groups in total. The molecule has 5 heteroatoms. The number of carbonyl (C=O) groups excluding carboxylic acids is 1. The summed E-state index contributed by atoms with van der Waals surface area (Å²) < 4.78 is 6.04. The van der Waals surface area contributed by atoms with Crippen molar-refractivity contribution in [3.63, 3.8) is 0 Å². The van der Waals surface area contributed by atoms with E-state index in [1.165, 1.54) is 0 Å². The number of likely N-dealkylation sites (tertiary alicyclic amines) is 1. The summed E-state index contributed by atoms with van der Waals surface area (Å²) in [5.41, 5.74) is 0. The Morgan fingerprint density at radius 3 is 2.94 bits per heavy atom. The summed E-state index contributed by atoms with van der Waals surface area (Å²) in [4.78, 5) is 17.6. The number of ether oxygens (including phenoxy) is 1. The molecule has 1 fully saturated rings. The number of pyridine rings is 1. The van der Waals surface area contributed by atoms with Gasteiger partial charge in [-0.1, -0.05) is 0 Å². The van der Waals surface area contributed by atoms with E-state index in [4.69, 9.17) is 4.74 Å². The summed E-state index contributed by atoms with van der Waals surface area (Å²) >= 11 is 3.27. The fraction of sp³-hybridized carbons (Fsp3) is 0.455. The number of hydrogen-bond acceptors (Lipinski definition) is 3. The third kappa shape index (κ3) is 2.72. The monoisotopic (exact) mass is 284 g/mol. The molecule has 1 aromatic rings. The number of rotatable bonds is 3. The molecule has 0 atom stereocenters. The number of halogens is 1. The predicted molar refractivity (Wildman–Crippen MR) is 63.2 cm³/mol. The van der Waals surface area contributed by atoms with Crippen molar-refractivity contribution in [2.75, 3.05) is 19.7 Å². The maximum atomic E-state index is 11.7. The molecule has 0 radical (unpaired) electrons. The molecular weight excluding hydrogens is 272 g/mol. The first-order chi connectivity index (χ1) is 7.77. The molecular formula is C11H13BrN2O2. The van der Waals surface area contributed by atoms with Crippen LogP contribution in [0, 0.1) is 0 Å². The van der Waals surface area contributed by atoms with Crippen LogP contribution in [0.25, 0.3) is 0 Å². The summed E-state index contributed by atoms with van der Waals surface area (Å²) in [7, 11) is 0. The fourth-order valence-electron chi connectivity index (χ4n) is 1.68. The van der Waals surface area contributed by atoms with Crippen LogP contribution in [0.5, 0.6) is 5.75 Å². The Balaban J connectivity index is 1.87. The second kappa shape index (κ2) is 5.30. The summed E-state index contributed by atoms with van der Waals surface area (Å²) in [5, 5.41) is 0. The van der Waals surface area contributed by atoms with Gasteiger partial charge in [-0.25, -0.2) is 4.98 Å². The SMILES string of the molecule is O=C(COc1cccnc1Br)N1CCCC1. The smallest absolute Gasteiger partial charge is 0.260 e. The summed E-state index contributed by atoms with van der Waals surface area (Å²) in [5.74, 6) is 0.656. The summed E-state index contributed by atoms with van der Waals surface area (Å²) in [6.45, 7) is 1.80. The van der Waals surface area contributed by atoms with Gasteiger partial charge in [-0.3, -0.25) is 4.79 Å². The first-order valence-electron chi connectivity index (χ1n) is 5.28. The van der Waals surface area contributed by atoms with Gasteiger partial charge in [0.25, 0.3) is 5.91 Å². The lowest BCUT2D eigenvalue weighted by atomic mass is 10.4. The van der Waals surface area contributed by atoms with Crippen LogP contribution in [0.4, 0.5) is 0 Å². The van der Waals surface area contributed by atoms with Crippen LogP contribution in [-0.2, 0) is 4.79 Å². The Hall–Kier alpha value is -1.10. The summed E-state index contributed by atoms with van der Waals surface area (Å²) in [6, 6.07) is 3.56.